The number of hydrogen-bond donors (Lipinski definition) is 2. The number of pyridine rings is 1. The zero-order valence-corrected chi connectivity index (χ0v) is 13.4. The summed E-state index contributed by atoms with van der Waals surface area (Å²) in [6, 6.07) is 3.72. The Kier molecular flexibility index (Phi) is 4.75. The smallest absolute Gasteiger partial charge is 0.129 e. The quantitative estimate of drug-likeness (QED) is 0.517. The Morgan fingerprint density at radius 1 is 1.45 bits per heavy atom. The molecule has 2 rings (SSSR count). The zero-order valence-electron chi connectivity index (χ0n) is 11.9. The maximum atomic E-state index is 5.92. The van der Waals surface area contributed by atoms with Crippen molar-refractivity contribution in [2.24, 2.45) is 5.84 Å². The second-order valence-corrected chi connectivity index (χ2v) is 7.04. The monoisotopic (exact) mass is 310 g/mol. The summed E-state index contributed by atoms with van der Waals surface area (Å²) in [5, 5.41) is 3.64. The van der Waals surface area contributed by atoms with E-state index in [2.05, 4.69) is 36.6 Å². The number of aromatic nitrogens is 2. The molecular weight excluding hydrogens is 292 g/mol. The number of nitrogens with two attached hydrogens (primary N) is 1. The molecule has 0 radical (unpaired) electrons. The second kappa shape index (κ2) is 6.18. The third-order valence-corrected chi connectivity index (χ3v) is 4.13. The molecule has 4 nitrogen and oxygen atoms in total. The molecule has 3 N–H and O–H groups in total. The largest absolute Gasteiger partial charge is 0.271 e. The number of nitrogens with one attached hydrogen (secondary N) is 1. The van der Waals surface area contributed by atoms with Crippen LogP contribution >= 0.6 is 22.9 Å². The van der Waals surface area contributed by atoms with Gasteiger partial charge in [-0.2, -0.15) is 0 Å². The molecule has 0 saturated heterocycles. The molecule has 0 bridgehead atoms. The molecule has 6 heteroatoms. The highest BCUT2D eigenvalue weighted by Gasteiger charge is 2.19. The third kappa shape index (κ3) is 3.76. The number of rotatable bonds is 4. The summed E-state index contributed by atoms with van der Waals surface area (Å²) in [4.78, 5) is 8.68. The zero-order chi connectivity index (χ0) is 14.8. The van der Waals surface area contributed by atoms with Crippen LogP contribution in [0.4, 0.5) is 0 Å². The summed E-state index contributed by atoms with van der Waals surface area (Å²) >= 11 is 7.58. The summed E-state index contributed by atoms with van der Waals surface area (Å²) in [5.74, 6) is 5.66. The van der Waals surface area contributed by atoms with Gasteiger partial charge >= 0.3 is 0 Å². The Hall–Kier alpha value is -1.01. The number of thiazole rings is 1. The molecule has 2 aromatic heterocycles. The van der Waals surface area contributed by atoms with Gasteiger partial charge in [-0.15, -0.1) is 11.3 Å². The molecule has 108 valence electrons. The molecule has 2 aromatic rings. The first-order chi connectivity index (χ1) is 9.40. The molecular formula is C14H19ClN4S. The molecule has 0 aromatic carbocycles. The van der Waals surface area contributed by atoms with Crippen LogP contribution in [-0.2, 0) is 11.8 Å². The average molecular weight is 311 g/mol. The lowest BCUT2D eigenvalue weighted by atomic mass is 9.93. The minimum atomic E-state index is -0.0190. The van der Waals surface area contributed by atoms with Gasteiger partial charge in [-0.25, -0.2) is 9.97 Å². The van der Waals surface area contributed by atoms with Crippen LogP contribution in [0.5, 0.6) is 0 Å². The van der Waals surface area contributed by atoms with Crippen LogP contribution in [0.15, 0.2) is 23.7 Å². The fourth-order valence-electron chi connectivity index (χ4n) is 1.83. The second-order valence-electron chi connectivity index (χ2n) is 5.71. The van der Waals surface area contributed by atoms with Crippen molar-refractivity contribution < 1.29 is 0 Å². The van der Waals surface area contributed by atoms with Crippen molar-refractivity contribution in [2.45, 2.75) is 38.6 Å². The van der Waals surface area contributed by atoms with E-state index in [-0.39, 0.29) is 11.5 Å². The minimum absolute atomic E-state index is 0.0190. The Morgan fingerprint density at radius 3 is 2.75 bits per heavy atom. The molecule has 1 unspecified atom stereocenters. The molecule has 2 heterocycles. The van der Waals surface area contributed by atoms with Crippen molar-refractivity contribution in [2.75, 3.05) is 0 Å². The van der Waals surface area contributed by atoms with E-state index in [1.807, 2.05) is 12.1 Å². The maximum absolute atomic E-state index is 5.92. The van der Waals surface area contributed by atoms with Crippen LogP contribution in [0.3, 0.4) is 0 Å². The van der Waals surface area contributed by atoms with Gasteiger partial charge in [-0.1, -0.05) is 32.4 Å². The fourth-order valence-corrected chi connectivity index (χ4v) is 3.08. The van der Waals surface area contributed by atoms with Crippen LogP contribution < -0.4 is 11.3 Å². The van der Waals surface area contributed by atoms with Gasteiger partial charge < -0.3 is 0 Å². The van der Waals surface area contributed by atoms with Crippen LogP contribution in [-0.4, -0.2) is 9.97 Å². The van der Waals surface area contributed by atoms with E-state index in [1.54, 1.807) is 17.5 Å². The Bertz CT molecular complexity index is 577. The normalized spacial score (nSPS) is 13.4. The third-order valence-electron chi connectivity index (χ3n) is 3.05. The summed E-state index contributed by atoms with van der Waals surface area (Å²) in [7, 11) is 0. The lowest BCUT2D eigenvalue weighted by molar-refractivity contribution is 0.540. The van der Waals surface area contributed by atoms with Crippen molar-refractivity contribution >= 4 is 22.9 Å². The van der Waals surface area contributed by atoms with E-state index in [0.717, 1.165) is 22.7 Å². The van der Waals surface area contributed by atoms with Crippen LogP contribution in [0, 0.1) is 0 Å². The van der Waals surface area contributed by atoms with Crippen molar-refractivity contribution in [3.05, 3.63) is 45.1 Å². The van der Waals surface area contributed by atoms with Gasteiger partial charge in [0.15, 0.2) is 0 Å². The minimum Gasteiger partial charge on any atom is -0.271 e. The lowest BCUT2D eigenvalue weighted by Crippen LogP contribution is -2.29. The molecule has 0 saturated carbocycles. The van der Waals surface area contributed by atoms with Gasteiger partial charge in [0.2, 0.25) is 0 Å². The summed E-state index contributed by atoms with van der Waals surface area (Å²) in [6.07, 6.45) is 2.42. The van der Waals surface area contributed by atoms with E-state index >= 15 is 0 Å². The van der Waals surface area contributed by atoms with E-state index in [9.17, 15) is 0 Å². The SMILES string of the molecule is CC(C)(C)c1csc(CC(NN)c2ccnc(Cl)c2)n1. The summed E-state index contributed by atoms with van der Waals surface area (Å²) in [5.41, 5.74) is 5.02. The van der Waals surface area contributed by atoms with Crippen LogP contribution in [0.2, 0.25) is 5.15 Å². The molecule has 0 aliphatic carbocycles. The van der Waals surface area contributed by atoms with Crippen molar-refractivity contribution in [3.8, 4) is 0 Å². The van der Waals surface area contributed by atoms with E-state index in [4.69, 9.17) is 22.4 Å². The predicted octanol–water partition coefficient (Wildman–Crippen LogP) is 3.24. The van der Waals surface area contributed by atoms with E-state index in [1.165, 1.54) is 0 Å². The van der Waals surface area contributed by atoms with Crippen LogP contribution in [0.1, 0.15) is 43.1 Å². The highest BCUT2D eigenvalue weighted by Crippen LogP contribution is 2.26. The number of hydrazine groups is 1. The van der Waals surface area contributed by atoms with Gasteiger partial charge in [-0.05, 0) is 17.7 Å². The Balaban J connectivity index is 2.16. The molecule has 0 spiro atoms. The van der Waals surface area contributed by atoms with Gasteiger partial charge in [0.05, 0.1) is 16.7 Å². The molecule has 0 fully saturated rings. The highest BCUT2D eigenvalue weighted by molar-refractivity contribution is 7.09. The number of halogens is 1. The lowest BCUT2D eigenvalue weighted by Gasteiger charge is -2.16. The fraction of sp³-hybridized carbons (Fsp3) is 0.429. The van der Waals surface area contributed by atoms with Gasteiger partial charge in [-0.3, -0.25) is 11.3 Å². The number of nitrogens with zero attached hydrogens (tertiary/aromatic N) is 2. The van der Waals surface area contributed by atoms with Gasteiger partial charge in [0.1, 0.15) is 5.15 Å². The van der Waals surface area contributed by atoms with Crippen molar-refractivity contribution in [3.63, 3.8) is 0 Å². The summed E-state index contributed by atoms with van der Waals surface area (Å²) in [6.45, 7) is 6.48. The number of hydrogen-bond acceptors (Lipinski definition) is 5. The Morgan fingerprint density at radius 2 is 2.20 bits per heavy atom. The highest BCUT2D eigenvalue weighted by atomic mass is 35.5. The van der Waals surface area contributed by atoms with E-state index in [0.29, 0.717) is 5.15 Å². The molecule has 20 heavy (non-hydrogen) atoms. The van der Waals surface area contributed by atoms with Crippen molar-refractivity contribution in [1.82, 2.24) is 15.4 Å². The first-order valence-corrected chi connectivity index (χ1v) is 7.68. The predicted molar refractivity (Wildman–Crippen MR) is 83.8 cm³/mol. The molecule has 1 atom stereocenters. The van der Waals surface area contributed by atoms with Gasteiger partial charge in [0, 0.05) is 23.4 Å². The molecule has 0 aliphatic heterocycles. The molecule has 0 amide bonds. The van der Waals surface area contributed by atoms with Crippen LogP contribution in [0.25, 0.3) is 0 Å². The van der Waals surface area contributed by atoms with Crippen molar-refractivity contribution in [1.29, 1.82) is 0 Å². The first-order valence-electron chi connectivity index (χ1n) is 6.42. The first kappa shape index (κ1) is 15.4. The average Bonchev–Trinajstić information content (AvgIpc) is 2.84. The Labute approximate surface area is 128 Å². The van der Waals surface area contributed by atoms with Gasteiger partial charge in [0.25, 0.3) is 0 Å². The maximum Gasteiger partial charge on any atom is 0.129 e. The molecule has 0 aliphatic rings. The topological polar surface area (TPSA) is 63.8 Å². The van der Waals surface area contributed by atoms with E-state index < -0.39 is 0 Å². The summed E-state index contributed by atoms with van der Waals surface area (Å²) < 4.78 is 0. The standard InChI is InChI=1S/C14H19ClN4S/c1-14(2,3)11-8-20-13(18-11)7-10(19-16)9-4-5-17-12(15)6-9/h4-6,8,10,19H,7,16H2,1-3H3.